The molecule has 4 nitrogen and oxygen atoms in total. The summed E-state index contributed by atoms with van der Waals surface area (Å²) in [4.78, 5) is 10.4. The minimum Gasteiger partial charge on any atom is -0.326 e. The predicted molar refractivity (Wildman–Crippen MR) is 101 cm³/mol. The van der Waals surface area contributed by atoms with Gasteiger partial charge in [-0.15, -0.1) is 11.3 Å². The summed E-state index contributed by atoms with van der Waals surface area (Å²) in [6.45, 7) is 3.20. The van der Waals surface area contributed by atoms with E-state index in [1.165, 1.54) is 11.3 Å². The lowest BCUT2D eigenvalue weighted by atomic mass is 10.1. The molecule has 3 heterocycles. The highest BCUT2D eigenvalue weighted by Crippen LogP contribution is 2.31. The van der Waals surface area contributed by atoms with E-state index in [1.54, 1.807) is 23.1 Å². The van der Waals surface area contributed by atoms with E-state index in [0.717, 1.165) is 34.5 Å². The molecular weight excluding hydrogens is 336 g/mol. The fourth-order valence-corrected chi connectivity index (χ4v) is 4.51. The summed E-state index contributed by atoms with van der Waals surface area (Å²) in [7, 11) is 0. The van der Waals surface area contributed by atoms with Crippen molar-refractivity contribution >= 4 is 28.1 Å². The Morgan fingerprint density at radius 1 is 1.17 bits per heavy atom. The zero-order valence-corrected chi connectivity index (χ0v) is 15.1. The molecule has 1 aromatic carbocycles. The molecule has 0 fully saturated rings. The molecule has 0 atom stereocenters. The van der Waals surface area contributed by atoms with Crippen molar-refractivity contribution in [3.05, 3.63) is 60.0 Å². The minimum absolute atomic E-state index is 0.850. The second kappa shape index (κ2) is 6.83. The molecule has 0 aliphatic carbocycles. The first kappa shape index (κ1) is 15.5. The first-order chi connectivity index (χ1) is 11.9. The Balaban J connectivity index is 1.68. The van der Waals surface area contributed by atoms with Gasteiger partial charge in [0, 0.05) is 41.8 Å². The smallest absolute Gasteiger partial charge is 0.194 e. The van der Waals surface area contributed by atoms with Crippen LogP contribution < -0.4 is 0 Å². The third-order valence-corrected chi connectivity index (χ3v) is 5.66. The van der Waals surface area contributed by atoms with Crippen LogP contribution in [0.25, 0.3) is 16.2 Å². The fourth-order valence-electron chi connectivity index (χ4n) is 2.78. The van der Waals surface area contributed by atoms with Gasteiger partial charge in [0.15, 0.2) is 10.1 Å². The summed E-state index contributed by atoms with van der Waals surface area (Å²) in [5.41, 5.74) is 3.47. The first-order valence-electron chi connectivity index (χ1n) is 8.00. The molecule has 0 radical (unpaired) electrons. The van der Waals surface area contributed by atoms with Gasteiger partial charge in [-0.3, -0.25) is 4.40 Å². The van der Waals surface area contributed by atoms with E-state index < -0.39 is 0 Å². The van der Waals surface area contributed by atoms with Gasteiger partial charge in [0.05, 0.1) is 11.4 Å². The van der Waals surface area contributed by atoms with Gasteiger partial charge >= 0.3 is 0 Å². The van der Waals surface area contributed by atoms with Gasteiger partial charge in [-0.2, -0.15) is 0 Å². The lowest BCUT2D eigenvalue weighted by Gasteiger charge is -2.07. The summed E-state index contributed by atoms with van der Waals surface area (Å²) in [6.07, 6.45) is 7.15. The van der Waals surface area contributed by atoms with Gasteiger partial charge in [0.1, 0.15) is 0 Å². The van der Waals surface area contributed by atoms with Crippen LogP contribution in [0.3, 0.4) is 0 Å². The number of aryl methyl sites for hydroxylation is 1. The Hall–Kier alpha value is -2.05. The van der Waals surface area contributed by atoms with Gasteiger partial charge in [-0.05, 0) is 6.42 Å². The van der Waals surface area contributed by atoms with E-state index in [0.29, 0.717) is 0 Å². The van der Waals surface area contributed by atoms with E-state index in [4.69, 9.17) is 4.98 Å². The van der Waals surface area contributed by atoms with Gasteiger partial charge in [0.25, 0.3) is 0 Å². The van der Waals surface area contributed by atoms with Crippen molar-refractivity contribution in [1.82, 2.24) is 18.9 Å². The van der Waals surface area contributed by atoms with Gasteiger partial charge in [-0.25, -0.2) is 9.97 Å². The molecule has 0 saturated carbocycles. The quantitative estimate of drug-likeness (QED) is 0.459. The Bertz CT molecular complexity index is 936. The lowest BCUT2D eigenvalue weighted by Crippen LogP contribution is -1.98. The highest BCUT2D eigenvalue weighted by atomic mass is 32.2. The number of nitrogens with zero attached hydrogens (tertiary/aromatic N) is 4. The van der Waals surface area contributed by atoms with Crippen LogP contribution in [0.15, 0.2) is 59.5 Å². The molecule has 6 heteroatoms. The number of aromatic nitrogens is 4. The molecule has 4 rings (SSSR count). The number of fused-ring (bicyclic) bond motifs is 1. The molecule has 24 heavy (non-hydrogen) atoms. The Morgan fingerprint density at radius 3 is 2.88 bits per heavy atom. The number of thioether (sulfide) groups is 1. The van der Waals surface area contributed by atoms with Crippen LogP contribution in [0.5, 0.6) is 0 Å². The van der Waals surface area contributed by atoms with Crippen molar-refractivity contribution in [3.8, 4) is 11.3 Å². The minimum atomic E-state index is 0.850. The second-order valence-electron chi connectivity index (χ2n) is 5.52. The number of thiazole rings is 1. The van der Waals surface area contributed by atoms with Crippen LogP contribution in [-0.4, -0.2) is 18.9 Å². The normalized spacial score (nSPS) is 11.4. The molecule has 0 unspecified atom stereocenters. The summed E-state index contributed by atoms with van der Waals surface area (Å²) in [5.74, 6) is 0.850. The number of hydrogen-bond acceptors (Lipinski definition) is 4. The molecule has 0 aliphatic rings. The molecule has 0 saturated heterocycles. The SMILES string of the molecule is CCCn1ccnc1SCc1c(-c2ccccc2)nc2sccn12. The third kappa shape index (κ3) is 2.87. The highest BCUT2D eigenvalue weighted by molar-refractivity contribution is 7.98. The van der Waals surface area contributed by atoms with Crippen molar-refractivity contribution < 1.29 is 0 Å². The molecular formula is C18H18N4S2. The maximum atomic E-state index is 4.84. The van der Waals surface area contributed by atoms with Crippen LogP contribution in [0.2, 0.25) is 0 Å². The molecule has 0 amide bonds. The second-order valence-corrected chi connectivity index (χ2v) is 7.34. The lowest BCUT2D eigenvalue weighted by molar-refractivity contribution is 0.620. The number of imidazole rings is 2. The zero-order chi connectivity index (χ0) is 16.4. The maximum Gasteiger partial charge on any atom is 0.194 e. The van der Waals surface area contributed by atoms with Gasteiger partial charge in [-0.1, -0.05) is 49.0 Å². The van der Waals surface area contributed by atoms with E-state index in [1.807, 2.05) is 12.3 Å². The summed E-state index contributed by atoms with van der Waals surface area (Å²) in [6, 6.07) is 10.4. The average molecular weight is 355 g/mol. The van der Waals surface area contributed by atoms with Crippen molar-refractivity contribution in [3.63, 3.8) is 0 Å². The van der Waals surface area contributed by atoms with Crippen LogP contribution in [-0.2, 0) is 12.3 Å². The molecule has 0 N–H and O–H groups in total. The fraction of sp³-hybridized carbons (Fsp3) is 0.222. The standard InChI is InChI=1S/C18H18N4S2/c1-2-9-21-10-8-19-17(21)24-13-15-16(14-6-4-3-5-7-14)20-18-22(15)11-12-23-18/h3-8,10-12H,2,9,13H2,1H3. The number of rotatable bonds is 6. The van der Waals surface area contributed by atoms with Crippen molar-refractivity contribution in [2.75, 3.05) is 0 Å². The average Bonchev–Trinajstić information content (AvgIpc) is 3.30. The molecule has 4 aromatic rings. The molecule has 0 aliphatic heterocycles. The summed E-state index contributed by atoms with van der Waals surface area (Å²) in [5, 5.41) is 3.16. The van der Waals surface area contributed by atoms with Gasteiger partial charge < -0.3 is 4.57 Å². The van der Waals surface area contributed by atoms with Gasteiger partial charge in [0.2, 0.25) is 0 Å². The van der Waals surface area contributed by atoms with Crippen LogP contribution in [0.1, 0.15) is 19.0 Å². The van der Waals surface area contributed by atoms with E-state index in [2.05, 4.69) is 62.9 Å². The molecule has 0 spiro atoms. The van der Waals surface area contributed by atoms with E-state index in [9.17, 15) is 0 Å². The van der Waals surface area contributed by atoms with E-state index in [-0.39, 0.29) is 0 Å². The molecule has 122 valence electrons. The van der Waals surface area contributed by atoms with Crippen molar-refractivity contribution in [1.29, 1.82) is 0 Å². The summed E-state index contributed by atoms with van der Waals surface area (Å²) >= 11 is 3.45. The predicted octanol–water partition coefficient (Wildman–Crippen LogP) is 4.96. The largest absolute Gasteiger partial charge is 0.326 e. The van der Waals surface area contributed by atoms with Crippen LogP contribution in [0.4, 0.5) is 0 Å². The van der Waals surface area contributed by atoms with Crippen LogP contribution >= 0.6 is 23.1 Å². The van der Waals surface area contributed by atoms with Crippen molar-refractivity contribution in [2.24, 2.45) is 0 Å². The Labute approximate surface area is 149 Å². The van der Waals surface area contributed by atoms with Crippen molar-refractivity contribution in [2.45, 2.75) is 30.8 Å². The molecule has 3 aromatic heterocycles. The van der Waals surface area contributed by atoms with Crippen LogP contribution in [0, 0.1) is 0 Å². The first-order valence-corrected chi connectivity index (χ1v) is 9.87. The summed E-state index contributed by atoms with van der Waals surface area (Å²) < 4.78 is 4.42. The monoisotopic (exact) mass is 354 g/mol. The Morgan fingerprint density at radius 2 is 2.04 bits per heavy atom. The zero-order valence-electron chi connectivity index (χ0n) is 13.4. The maximum absolute atomic E-state index is 4.84. The molecule has 0 bridgehead atoms. The number of hydrogen-bond donors (Lipinski definition) is 0. The third-order valence-electron chi connectivity index (χ3n) is 3.89. The highest BCUT2D eigenvalue weighted by Gasteiger charge is 2.16. The van der Waals surface area contributed by atoms with E-state index >= 15 is 0 Å². The topological polar surface area (TPSA) is 35.1 Å². The number of benzene rings is 1. The Kier molecular flexibility index (Phi) is 4.40.